The fraction of sp³-hybridized carbons (Fsp3) is 0.400. The topological polar surface area (TPSA) is 26.0 Å². The van der Waals surface area contributed by atoms with Crippen LogP contribution < -0.4 is 5.73 Å². The van der Waals surface area contributed by atoms with Crippen LogP contribution in [0.2, 0.25) is 0 Å². The Morgan fingerprint density at radius 1 is 1.17 bits per heavy atom. The average molecular weight is 179 g/mol. The number of rotatable bonds is 0. The maximum Gasteiger partial charge on any atom is 0.0298 e. The van der Waals surface area contributed by atoms with Gasteiger partial charge in [-0.3, -0.25) is 0 Å². The van der Waals surface area contributed by atoms with Gasteiger partial charge in [0.25, 0.3) is 0 Å². The molecule has 64 valence electrons. The second-order valence-corrected chi connectivity index (χ2v) is 4.22. The minimum absolute atomic E-state index is 0.262. The number of nitrogens with two attached hydrogens (primary N) is 1. The third-order valence-corrected chi connectivity index (χ3v) is 3.28. The molecule has 0 bridgehead atoms. The van der Waals surface area contributed by atoms with E-state index in [-0.39, 0.29) is 6.04 Å². The van der Waals surface area contributed by atoms with Crippen molar-refractivity contribution in [3.05, 3.63) is 35.4 Å². The van der Waals surface area contributed by atoms with E-state index in [1.54, 1.807) is 0 Å². The van der Waals surface area contributed by atoms with Gasteiger partial charge in [-0.15, -0.1) is 9.24 Å². The van der Waals surface area contributed by atoms with Gasteiger partial charge >= 0.3 is 0 Å². The van der Waals surface area contributed by atoms with Crippen molar-refractivity contribution in [1.29, 1.82) is 0 Å². The van der Waals surface area contributed by atoms with E-state index in [2.05, 4.69) is 33.5 Å². The van der Waals surface area contributed by atoms with Crippen LogP contribution in [0, 0.1) is 0 Å². The van der Waals surface area contributed by atoms with Crippen molar-refractivity contribution in [2.24, 2.45) is 5.73 Å². The van der Waals surface area contributed by atoms with Gasteiger partial charge in [0.05, 0.1) is 0 Å². The molecule has 3 unspecified atom stereocenters. The molecule has 0 saturated carbocycles. The first-order chi connectivity index (χ1) is 5.79. The molecule has 0 spiro atoms. The summed E-state index contributed by atoms with van der Waals surface area (Å²) in [5.41, 5.74) is 9.37. The molecule has 0 amide bonds. The zero-order valence-corrected chi connectivity index (χ0v) is 8.19. The summed E-state index contributed by atoms with van der Waals surface area (Å²) < 4.78 is 0. The summed E-state index contributed by atoms with van der Waals surface area (Å²) in [6.07, 6.45) is 2.31. The van der Waals surface area contributed by atoms with Crippen molar-refractivity contribution in [2.45, 2.75) is 24.5 Å². The second kappa shape index (κ2) is 3.16. The van der Waals surface area contributed by atoms with Crippen LogP contribution in [0.3, 0.4) is 0 Å². The normalized spacial score (nSPS) is 28.2. The third-order valence-electron chi connectivity index (χ3n) is 2.58. The SMILES string of the molecule is NC1CCC(P)c2ccccc21. The van der Waals surface area contributed by atoms with Crippen LogP contribution >= 0.6 is 9.24 Å². The molecular weight excluding hydrogens is 165 g/mol. The first kappa shape index (κ1) is 8.22. The van der Waals surface area contributed by atoms with Gasteiger partial charge in [-0.25, -0.2) is 0 Å². The summed E-state index contributed by atoms with van der Waals surface area (Å²) in [6, 6.07) is 8.76. The van der Waals surface area contributed by atoms with Gasteiger partial charge in [0.1, 0.15) is 0 Å². The van der Waals surface area contributed by atoms with Crippen LogP contribution in [0.25, 0.3) is 0 Å². The molecule has 1 aliphatic carbocycles. The zero-order chi connectivity index (χ0) is 8.55. The van der Waals surface area contributed by atoms with Crippen molar-refractivity contribution >= 4 is 9.24 Å². The number of hydrogen-bond donors (Lipinski definition) is 1. The summed E-state index contributed by atoms with van der Waals surface area (Å²) in [7, 11) is 2.89. The molecule has 0 heterocycles. The van der Waals surface area contributed by atoms with Crippen LogP contribution in [0.4, 0.5) is 0 Å². The molecular formula is C10H14NP. The molecule has 1 aliphatic rings. The van der Waals surface area contributed by atoms with Gasteiger partial charge in [0.2, 0.25) is 0 Å². The van der Waals surface area contributed by atoms with Crippen LogP contribution in [0.15, 0.2) is 24.3 Å². The third kappa shape index (κ3) is 1.28. The summed E-state index contributed by atoms with van der Waals surface area (Å²) >= 11 is 0. The van der Waals surface area contributed by atoms with E-state index in [1.165, 1.54) is 17.5 Å². The highest BCUT2D eigenvalue weighted by atomic mass is 31.0. The number of hydrogen-bond acceptors (Lipinski definition) is 1. The van der Waals surface area contributed by atoms with E-state index in [4.69, 9.17) is 5.73 Å². The van der Waals surface area contributed by atoms with Gasteiger partial charge in [0, 0.05) is 6.04 Å². The smallest absolute Gasteiger partial charge is 0.0298 e. The molecule has 1 aromatic rings. The molecule has 0 saturated heterocycles. The Bertz CT molecular complexity index is 256. The Hall–Kier alpha value is -0.390. The highest BCUT2D eigenvalue weighted by Crippen LogP contribution is 2.39. The number of fused-ring (bicyclic) bond motifs is 1. The molecule has 1 aromatic carbocycles. The fourth-order valence-corrected chi connectivity index (χ4v) is 2.35. The lowest BCUT2D eigenvalue weighted by atomic mass is 9.88. The maximum absolute atomic E-state index is 6.00. The predicted molar refractivity (Wildman–Crippen MR) is 55.1 cm³/mol. The Kier molecular flexibility index (Phi) is 2.16. The van der Waals surface area contributed by atoms with Crippen molar-refractivity contribution in [2.75, 3.05) is 0 Å². The molecule has 2 heteroatoms. The molecule has 3 atom stereocenters. The monoisotopic (exact) mass is 179 g/mol. The number of benzene rings is 1. The minimum Gasteiger partial charge on any atom is -0.324 e. The lowest BCUT2D eigenvalue weighted by Gasteiger charge is -2.26. The van der Waals surface area contributed by atoms with Crippen molar-refractivity contribution in [3.63, 3.8) is 0 Å². The molecule has 2 rings (SSSR count). The fourth-order valence-electron chi connectivity index (χ4n) is 1.86. The van der Waals surface area contributed by atoms with Gasteiger partial charge < -0.3 is 5.73 Å². The molecule has 0 aromatic heterocycles. The van der Waals surface area contributed by atoms with E-state index in [0.717, 1.165) is 6.42 Å². The van der Waals surface area contributed by atoms with Crippen LogP contribution in [-0.2, 0) is 0 Å². The molecule has 12 heavy (non-hydrogen) atoms. The summed E-state index contributed by atoms with van der Waals surface area (Å²) in [4.78, 5) is 0. The van der Waals surface area contributed by atoms with Crippen LogP contribution in [0.5, 0.6) is 0 Å². The molecule has 0 fully saturated rings. The Labute approximate surface area is 75.6 Å². The van der Waals surface area contributed by atoms with Gasteiger partial charge in [-0.2, -0.15) is 0 Å². The largest absolute Gasteiger partial charge is 0.324 e. The Morgan fingerprint density at radius 3 is 2.50 bits per heavy atom. The molecule has 2 N–H and O–H groups in total. The molecule has 0 radical (unpaired) electrons. The lowest BCUT2D eigenvalue weighted by Crippen LogP contribution is -2.18. The molecule has 1 nitrogen and oxygen atoms in total. The van der Waals surface area contributed by atoms with Gasteiger partial charge in [0.15, 0.2) is 0 Å². The maximum atomic E-state index is 6.00. The zero-order valence-electron chi connectivity index (χ0n) is 7.03. The van der Waals surface area contributed by atoms with Gasteiger partial charge in [-0.1, -0.05) is 24.3 Å². The summed E-state index contributed by atoms with van der Waals surface area (Å²) in [5.74, 6) is 0. The van der Waals surface area contributed by atoms with Gasteiger partial charge in [-0.05, 0) is 29.6 Å². The lowest BCUT2D eigenvalue weighted by molar-refractivity contribution is 0.564. The Morgan fingerprint density at radius 2 is 1.83 bits per heavy atom. The van der Waals surface area contributed by atoms with Crippen LogP contribution in [-0.4, -0.2) is 0 Å². The van der Waals surface area contributed by atoms with E-state index >= 15 is 0 Å². The first-order valence-corrected chi connectivity index (χ1v) is 5.05. The van der Waals surface area contributed by atoms with Crippen molar-refractivity contribution < 1.29 is 0 Å². The minimum atomic E-state index is 0.262. The highest BCUT2D eigenvalue weighted by Gasteiger charge is 2.20. The Balaban J connectivity index is 2.47. The van der Waals surface area contributed by atoms with E-state index < -0.39 is 0 Å². The summed E-state index contributed by atoms with van der Waals surface area (Å²) in [5, 5.41) is 0. The average Bonchev–Trinajstić information content (AvgIpc) is 2.12. The van der Waals surface area contributed by atoms with Crippen molar-refractivity contribution in [1.82, 2.24) is 0 Å². The van der Waals surface area contributed by atoms with E-state index in [9.17, 15) is 0 Å². The standard InChI is InChI=1S/C10H14NP/c11-9-5-6-10(12)8-4-2-1-3-7(8)9/h1-4,9-10H,5-6,11-12H2. The molecule has 0 aliphatic heterocycles. The van der Waals surface area contributed by atoms with Crippen molar-refractivity contribution in [3.8, 4) is 0 Å². The predicted octanol–water partition coefficient (Wildman–Crippen LogP) is 2.40. The van der Waals surface area contributed by atoms with E-state index in [0.29, 0.717) is 5.66 Å². The summed E-state index contributed by atoms with van der Waals surface area (Å²) in [6.45, 7) is 0. The quantitative estimate of drug-likeness (QED) is 0.608. The van der Waals surface area contributed by atoms with E-state index in [1.807, 2.05) is 0 Å². The second-order valence-electron chi connectivity index (χ2n) is 3.42. The van der Waals surface area contributed by atoms with Crippen LogP contribution in [0.1, 0.15) is 35.7 Å². The highest BCUT2D eigenvalue weighted by molar-refractivity contribution is 7.17. The first-order valence-electron chi connectivity index (χ1n) is 4.39.